The molecule has 1 amide bonds. The maximum Gasteiger partial charge on any atom is 0.251 e. The van der Waals surface area contributed by atoms with E-state index in [2.05, 4.69) is 24.5 Å². The molecule has 3 nitrogen and oxygen atoms in total. The maximum atomic E-state index is 12.3. The molecule has 2 atom stereocenters. The lowest BCUT2D eigenvalue weighted by molar-refractivity contribution is 0.0919. The number of hydrogen-bond donors (Lipinski definition) is 2. The van der Waals surface area contributed by atoms with Crippen LogP contribution in [0.4, 0.5) is 0 Å². The number of rotatable bonds is 3. The molecule has 0 spiro atoms. The van der Waals surface area contributed by atoms with Crippen LogP contribution in [0.2, 0.25) is 0 Å². The Labute approximate surface area is 121 Å². The van der Waals surface area contributed by atoms with E-state index in [9.17, 15) is 4.79 Å². The zero-order valence-electron chi connectivity index (χ0n) is 11.6. The number of amides is 1. The van der Waals surface area contributed by atoms with E-state index in [-0.39, 0.29) is 24.4 Å². The summed E-state index contributed by atoms with van der Waals surface area (Å²) in [7, 11) is 0. The van der Waals surface area contributed by atoms with E-state index in [1.807, 2.05) is 24.3 Å². The minimum atomic E-state index is 0. The highest BCUT2D eigenvalue weighted by molar-refractivity contribution is 5.95. The van der Waals surface area contributed by atoms with Gasteiger partial charge in [0, 0.05) is 17.6 Å². The topological polar surface area (TPSA) is 41.1 Å². The molecule has 0 aliphatic carbocycles. The Hall–Kier alpha value is -1.06. The number of benzene rings is 1. The van der Waals surface area contributed by atoms with Crippen LogP contribution in [0.25, 0.3) is 0 Å². The first-order chi connectivity index (χ1) is 8.72. The summed E-state index contributed by atoms with van der Waals surface area (Å²) in [5, 5.41) is 6.56. The fourth-order valence-electron chi connectivity index (χ4n) is 2.54. The van der Waals surface area contributed by atoms with Crippen LogP contribution in [0.1, 0.15) is 42.6 Å². The van der Waals surface area contributed by atoms with Crippen molar-refractivity contribution in [1.82, 2.24) is 10.6 Å². The molecule has 0 saturated carbocycles. The predicted molar refractivity (Wildman–Crippen MR) is 81.0 cm³/mol. The van der Waals surface area contributed by atoms with Crippen molar-refractivity contribution in [2.75, 3.05) is 6.54 Å². The van der Waals surface area contributed by atoms with Crippen LogP contribution in [-0.2, 0) is 6.42 Å². The van der Waals surface area contributed by atoms with Gasteiger partial charge >= 0.3 is 0 Å². The van der Waals surface area contributed by atoms with Crippen LogP contribution in [0.5, 0.6) is 0 Å². The third-order valence-corrected chi connectivity index (χ3v) is 3.72. The average molecular weight is 283 g/mol. The quantitative estimate of drug-likeness (QED) is 0.895. The number of carbonyl (C=O) groups is 1. The zero-order valence-corrected chi connectivity index (χ0v) is 12.4. The maximum absolute atomic E-state index is 12.3. The molecule has 1 fully saturated rings. The number of piperidine rings is 1. The monoisotopic (exact) mass is 282 g/mol. The van der Waals surface area contributed by atoms with Gasteiger partial charge in [-0.15, -0.1) is 12.4 Å². The highest BCUT2D eigenvalue weighted by Gasteiger charge is 2.23. The molecule has 4 heteroatoms. The summed E-state index contributed by atoms with van der Waals surface area (Å²) >= 11 is 0. The van der Waals surface area contributed by atoms with Gasteiger partial charge in [-0.3, -0.25) is 4.79 Å². The minimum Gasteiger partial charge on any atom is -0.348 e. The molecule has 1 aromatic carbocycles. The lowest BCUT2D eigenvalue weighted by Crippen LogP contribution is -2.52. The SMILES string of the molecule is CCc1ccccc1C(=O)NC1CCCNC1C.Cl. The number of aryl methyl sites for hydroxylation is 1. The Morgan fingerprint density at radius 2 is 2.16 bits per heavy atom. The smallest absolute Gasteiger partial charge is 0.251 e. The molecule has 1 aromatic rings. The van der Waals surface area contributed by atoms with Gasteiger partial charge in [-0.05, 0) is 44.4 Å². The van der Waals surface area contributed by atoms with Gasteiger partial charge in [0.25, 0.3) is 5.91 Å². The Kier molecular flexibility index (Phi) is 6.32. The summed E-state index contributed by atoms with van der Waals surface area (Å²) in [6, 6.07) is 8.46. The molecular formula is C15H23ClN2O. The van der Waals surface area contributed by atoms with Crippen LogP contribution >= 0.6 is 12.4 Å². The van der Waals surface area contributed by atoms with Gasteiger partial charge in [0.15, 0.2) is 0 Å². The highest BCUT2D eigenvalue weighted by Crippen LogP contribution is 2.12. The van der Waals surface area contributed by atoms with Crippen molar-refractivity contribution in [3.8, 4) is 0 Å². The Morgan fingerprint density at radius 1 is 1.42 bits per heavy atom. The fourth-order valence-corrected chi connectivity index (χ4v) is 2.54. The summed E-state index contributed by atoms with van der Waals surface area (Å²) in [5.74, 6) is 0.0630. The first-order valence-electron chi connectivity index (χ1n) is 6.84. The standard InChI is InChI=1S/C15H22N2O.ClH/c1-3-12-7-4-5-8-13(12)15(18)17-14-9-6-10-16-11(14)2;/h4-5,7-8,11,14,16H,3,6,9-10H2,1-2H3,(H,17,18);1H. The van der Waals surface area contributed by atoms with Gasteiger partial charge < -0.3 is 10.6 Å². The molecule has 0 aromatic heterocycles. The summed E-state index contributed by atoms with van der Waals surface area (Å²) in [6.07, 6.45) is 3.08. The van der Waals surface area contributed by atoms with E-state index >= 15 is 0 Å². The van der Waals surface area contributed by atoms with Crippen LogP contribution in [0.15, 0.2) is 24.3 Å². The molecule has 106 valence electrons. The lowest BCUT2D eigenvalue weighted by Gasteiger charge is -2.30. The normalized spacial score (nSPS) is 22.4. The molecule has 1 saturated heterocycles. The second-order valence-corrected chi connectivity index (χ2v) is 4.98. The van der Waals surface area contributed by atoms with E-state index in [0.29, 0.717) is 6.04 Å². The number of carbonyl (C=O) groups excluding carboxylic acids is 1. The van der Waals surface area contributed by atoms with Gasteiger partial charge in [-0.25, -0.2) is 0 Å². The summed E-state index contributed by atoms with van der Waals surface area (Å²) in [4.78, 5) is 12.3. The van der Waals surface area contributed by atoms with Gasteiger partial charge in [0.2, 0.25) is 0 Å². The van der Waals surface area contributed by atoms with Crippen molar-refractivity contribution in [2.45, 2.75) is 45.2 Å². The molecule has 2 N–H and O–H groups in total. The Bertz CT molecular complexity index is 422. The third kappa shape index (κ3) is 3.95. The molecule has 2 rings (SSSR count). The number of nitrogens with one attached hydrogen (secondary N) is 2. The molecule has 1 aliphatic heterocycles. The molecule has 1 aliphatic rings. The van der Waals surface area contributed by atoms with Crippen LogP contribution in [0.3, 0.4) is 0 Å². The fraction of sp³-hybridized carbons (Fsp3) is 0.533. The Balaban J connectivity index is 0.00000180. The van der Waals surface area contributed by atoms with Crippen LogP contribution in [-0.4, -0.2) is 24.5 Å². The van der Waals surface area contributed by atoms with E-state index in [1.165, 1.54) is 0 Å². The predicted octanol–water partition coefficient (Wildman–Crippen LogP) is 2.54. The van der Waals surface area contributed by atoms with Crippen molar-refractivity contribution in [1.29, 1.82) is 0 Å². The van der Waals surface area contributed by atoms with E-state index in [4.69, 9.17) is 0 Å². The van der Waals surface area contributed by atoms with Gasteiger partial charge in [-0.1, -0.05) is 25.1 Å². The number of halogens is 1. The van der Waals surface area contributed by atoms with Gasteiger partial charge in [0.05, 0.1) is 0 Å². The molecular weight excluding hydrogens is 260 g/mol. The van der Waals surface area contributed by atoms with Crippen molar-refractivity contribution >= 4 is 18.3 Å². The second-order valence-electron chi connectivity index (χ2n) is 4.98. The lowest BCUT2D eigenvalue weighted by atomic mass is 9.98. The molecule has 19 heavy (non-hydrogen) atoms. The van der Waals surface area contributed by atoms with E-state index in [0.717, 1.165) is 36.9 Å². The first-order valence-corrected chi connectivity index (χ1v) is 6.84. The number of hydrogen-bond acceptors (Lipinski definition) is 2. The van der Waals surface area contributed by atoms with E-state index in [1.54, 1.807) is 0 Å². The molecule has 0 bridgehead atoms. The highest BCUT2D eigenvalue weighted by atomic mass is 35.5. The summed E-state index contributed by atoms with van der Waals surface area (Å²) < 4.78 is 0. The van der Waals surface area contributed by atoms with Crippen molar-refractivity contribution in [3.63, 3.8) is 0 Å². The molecule has 2 unspecified atom stereocenters. The van der Waals surface area contributed by atoms with Crippen molar-refractivity contribution < 1.29 is 4.79 Å². The van der Waals surface area contributed by atoms with Gasteiger partial charge in [0.1, 0.15) is 0 Å². The zero-order chi connectivity index (χ0) is 13.0. The third-order valence-electron chi connectivity index (χ3n) is 3.72. The summed E-state index contributed by atoms with van der Waals surface area (Å²) in [5.41, 5.74) is 1.93. The molecule has 0 radical (unpaired) electrons. The largest absolute Gasteiger partial charge is 0.348 e. The van der Waals surface area contributed by atoms with Crippen molar-refractivity contribution in [3.05, 3.63) is 35.4 Å². The van der Waals surface area contributed by atoms with Crippen LogP contribution < -0.4 is 10.6 Å². The van der Waals surface area contributed by atoms with Crippen LogP contribution in [0, 0.1) is 0 Å². The first kappa shape index (κ1) is 16.0. The summed E-state index contributed by atoms with van der Waals surface area (Å²) in [6.45, 7) is 5.27. The Morgan fingerprint density at radius 3 is 2.84 bits per heavy atom. The molecule has 1 heterocycles. The van der Waals surface area contributed by atoms with Gasteiger partial charge in [-0.2, -0.15) is 0 Å². The average Bonchev–Trinajstić information content (AvgIpc) is 2.41. The minimum absolute atomic E-state index is 0. The van der Waals surface area contributed by atoms with E-state index < -0.39 is 0 Å². The second kappa shape index (κ2) is 7.51. The van der Waals surface area contributed by atoms with Crippen molar-refractivity contribution in [2.24, 2.45) is 0 Å².